The molecule has 0 aliphatic heterocycles. The Bertz CT molecular complexity index is 117. The summed E-state index contributed by atoms with van der Waals surface area (Å²) < 4.78 is 0. The van der Waals surface area contributed by atoms with Crippen molar-refractivity contribution in [3.8, 4) is 0 Å². The molecule has 2 N–H and O–H groups in total. The van der Waals surface area contributed by atoms with Crippen LogP contribution in [0.25, 0.3) is 0 Å². The third kappa shape index (κ3) is 10.3. The van der Waals surface area contributed by atoms with Crippen molar-refractivity contribution < 1.29 is 0 Å². The van der Waals surface area contributed by atoms with Gasteiger partial charge in [0.15, 0.2) is 0 Å². The number of rotatable bonds is 1. The van der Waals surface area contributed by atoms with Crippen LogP contribution in [0.15, 0.2) is 23.4 Å². The molecular formula is C9H19N. The molecule has 0 aliphatic carbocycles. The van der Waals surface area contributed by atoms with Gasteiger partial charge in [-0.3, -0.25) is 0 Å². The first-order valence-corrected chi connectivity index (χ1v) is 3.73. The minimum atomic E-state index is 0.862. The van der Waals surface area contributed by atoms with Crippen molar-refractivity contribution in [3.63, 3.8) is 0 Å². The third-order valence-corrected chi connectivity index (χ3v) is 0.911. The molecule has 0 bridgehead atoms. The fourth-order valence-corrected chi connectivity index (χ4v) is 0.442. The van der Waals surface area contributed by atoms with Crippen LogP contribution in [0.1, 0.15) is 34.6 Å². The lowest BCUT2D eigenvalue weighted by Crippen LogP contribution is -1.89. The van der Waals surface area contributed by atoms with Gasteiger partial charge in [-0.05, 0) is 26.8 Å². The molecular weight excluding hydrogens is 122 g/mol. The Morgan fingerprint density at radius 3 is 1.70 bits per heavy atom. The van der Waals surface area contributed by atoms with E-state index in [1.807, 2.05) is 46.8 Å². The second-order valence-electron chi connectivity index (χ2n) is 1.92. The van der Waals surface area contributed by atoms with Crippen LogP contribution in [-0.4, -0.2) is 0 Å². The Kier molecular flexibility index (Phi) is 9.94. The number of nitrogens with two attached hydrogens (primary N) is 1. The van der Waals surface area contributed by atoms with E-state index in [1.165, 1.54) is 5.57 Å². The van der Waals surface area contributed by atoms with Crippen molar-refractivity contribution in [3.05, 3.63) is 23.4 Å². The molecule has 0 unspecified atom stereocenters. The molecule has 0 aromatic rings. The molecule has 0 heterocycles. The standard InChI is InChI=1S/C7H13N.C2H6/c1-4-6(2)5-7(3)8;1-2/h4-5H,8H2,1-3H3;1-2H3/b6-4+,7-5-;. The molecule has 0 aromatic carbocycles. The molecule has 0 aromatic heterocycles. The molecule has 0 saturated carbocycles. The molecule has 60 valence electrons. The second kappa shape index (κ2) is 8.28. The Morgan fingerprint density at radius 2 is 1.60 bits per heavy atom. The summed E-state index contributed by atoms with van der Waals surface area (Å²) in [5.74, 6) is 0. The molecule has 0 atom stereocenters. The Morgan fingerprint density at radius 1 is 1.20 bits per heavy atom. The van der Waals surface area contributed by atoms with Crippen LogP contribution >= 0.6 is 0 Å². The lowest BCUT2D eigenvalue weighted by atomic mass is 10.2. The molecule has 10 heavy (non-hydrogen) atoms. The first-order chi connectivity index (χ1) is 4.66. The maximum absolute atomic E-state index is 5.39. The molecule has 1 heteroatoms. The zero-order valence-corrected chi connectivity index (χ0v) is 7.73. The summed E-state index contributed by atoms with van der Waals surface area (Å²) >= 11 is 0. The highest BCUT2D eigenvalue weighted by Crippen LogP contribution is 1.94. The minimum Gasteiger partial charge on any atom is -0.402 e. The number of allylic oxidation sites excluding steroid dienone is 4. The summed E-state index contributed by atoms with van der Waals surface area (Å²) in [6.07, 6.45) is 3.97. The molecule has 0 rings (SSSR count). The van der Waals surface area contributed by atoms with Gasteiger partial charge in [0.1, 0.15) is 0 Å². The summed E-state index contributed by atoms with van der Waals surface area (Å²) in [4.78, 5) is 0. The van der Waals surface area contributed by atoms with E-state index in [1.54, 1.807) is 0 Å². The highest BCUT2D eigenvalue weighted by molar-refractivity contribution is 5.17. The van der Waals surface area contributed by atoms with Crippen LogP contribution in [-0.2, 0) is 0 Å². The first kappa shape index (κ1) is 12.0. The van der Waals surface area contributed by atoms with Gasteiger partial charge >= 0.3 is 0 Å². The highest BCUT2D eigenvalue weighted by Gasteiger charge is 1.77. The van der Waals surface area contributed by atoms with E-state index in [2.05, 4.69) is 0 Å². The zero-order chi connectivity index (χ0) is 8.57. The molecule has 0 spiro atoms. The van der Waals surface area contributed by atoms with Crippen molar-refractivity contribution in [1.29, 1.82) is 0 Å². The maximum atomic E-state index is 5.39. The van der Waals surface area contributed by atoms with Crippen LogP contribution in [0, 0.1) is 0 Å². The topological polar surface area (TPSA) is 26.0 Å². The largest absolute Gasteiger partial charge is 0.402 e. The van der Waals surface area contributed by atoms with Gasteiger partial charge < -0.3 is 5.73 Å². The summed E-state index contributed by atoms with van der Waals surface area (Å²) in [6.45, 7) is 9.90. The predicted octanol–water partition coefficient (Wildman–Crippen LogP) is 2.84. The van der Waals surface area contributed by atoms with Gasteiger partial charge in [-0.2, -0.15) is 0 Å². The van der Waals surface area contributed by atoms with Gasteiger partial charge in [0.25, 0.3) is 0 Å². The molecule has 0 amide bonds. The van der Waals surface area contributed by atoms with E-state index in [4.69, 9.17) is 5.73 Å². The zero-order valence-electron chi connectivity index (χ0n) is 7.73. The summed E-state index contributed by atoms with van der Waals surface area (Å²) in [6, 6.07) is 0. The van der Waals surface area contributed by atoms with Crippen molar-refractivity contribution in [1.82, 2.24) is 0 Å². The summed E-state index contributed by atoms with van der Waals surface area (Å²) in [5.41, 5.74) is 7.46. The Balaban J connectivity index is 0. The van der Waals surface area contributed by atoms with Crippen LogP contribution in [0.3, 0.4) is 0 Å². The van der Waals surface area contributed by atoms with Gasteiger partial charge in [-0.15, -0.1) is 0 Å². The van der Waals surface area contributed by atoms with E-state index >= 15 is 0 Å². The van der Waals surface area contributed by atoms with Gasteiger partial charge in [0.05, 0.1) is 0 Å². The summed E-state index contributed by atoms with van der Waals surface area (Å²) in [7, 11) is 0. The second-order valence-corrected chi connectivity index (χ2v) is 1.92. The van der Waals surface area contributed by atoms with Crippen molar-refractivity contribution in [2.24, 2.45) is 5.73 Å². The van der Waals surface area contributed by atoms with Crippen LogP contribution in [0.2, 0.25) is 0 Å². The molecule has 0 radical (unpaired) electrons. The smallest absolute Gasteiger partial charge is 0.00514 e. The van der Waals surface area contributed by atoms with Crippen molar-refractivity contribution in [2.45, 2.75) is 34.6 Å². The average Bonchev–Trinajstić information content (AvgIpc) is 1.91. The number of hydrogen-bond acceptors (Lipinski definition) is 1. The van der Waals surface area contributed by atoms with Crippen molar-refractivity contribution in [2.75, 3.05) is 0 Å². The SMILES string of the molecule is C/C=C(C)/C=C(/C)N.CC. The molecule has 0 fully saturated rings. The van der Waals surface area contributed by atoms with Gasteiger partial charge in [0.2, 0.25) is 0 Å². The van der Waals surface area contributed by atoms with E-state index in [-0.39, 0.29) is 0 Å². The first-order valence-electron chi connectivity index (χ1n) is 3.73. The van der Waals surface area contributed by atoms with Crippen LogP contribution in [0.4, 0.5) is 0 Å². The van der Waals surface area contributed by atoms with E-state index < -0.39 is 0 Å². The lowest BCUT2D eigenvalue weighted by Gasteiger charge is -1.89. The molecule has 1 nitrogen and oxygen atoms in total. The number of hydrogen-bond donors (Lipinski definition) is 1. The fourth-order valence-electron chi connectivity index (χ4n) is 0.442. The van der Waals surface area contributed by atoms with E-state index in [9.17, 15) is 0 Å². The Labute approximate surface area is 64.6 Å². The van der Waals surface area contributed by atoms with E-state index in [0.29, 0.717) is 0 Å². The molecule has 0 aliphatic rings. The molecule has 0 saturated heterocycles. The van der Waals surface area contributed by atoms with Gasteiger partial charge in [0, 0.05) is 5.70 Å². The Hall–Kier alpha value is -0.720. The average molecular weight is 141 g/mol. The normalized spacial score (nSPS) is 12.1. The van der Waals surface area contributed by atoms with Crippen LogP contribution in [0.5, 0.6) is 0 Å². The van der Waals surface area contributed by atoms with Gasteiger partial charge in [-0.1, -0.05) is 25.5 Å². The third-order valence-electron chi connectivity index (χ3n) is 0.911. The monoisotopic (exact) mass is 141 g/mol. The highest BCUT2D eigenvalue weighted by atomic mass is 14.5. The maximum Gasteiger partial charge on any atom is 0.00514 e. The summed E-state index contributed by atoms with van der Waals surface area (Å²) in [5, 5.41) is 0. The predicted molar refractivity (Wildman–Crippen MR) is 48.7 cm³/mol. The fraction of sp³-hybridized carbons (Fsp3) is 0.556. The quantitative estimate of drug-likeness (QED) is 0.558. The van der Waals surface area contributed by atoms with Crippen LogP contribution < -0.4 is 5.73 Å². The van der Waals surface area contributed by atoms with Gasteiger partial charge in [-0.25, -0.2) is 0 Å². The minimum absolute atomic E-state index is 0.862. The van der Waals surface area contributed by atoms with E-state index in [0.717, 1.165) is 5.70 Å². The van der Waals surface area contributed by atoms with Crippen molar-refractivity contribution >= 4 is 0 Å². The lowest BCUT2D eigenvalue weighted by molar-refractivity contribution is 1.28.